The van der Waals surface area contributed by atoms with E-state index in [1.54, 1.807) is 0 Å². The van der Waals surface area contributed by atoms with Gasteiger partial charge in [-0.3, -0.25) is 9.59 Å². The van der Waals surface area contributed by atoms with Gasteiger partial charge in [-0.05, 0) is 25.0 Å². The fourth-order valence-electron chi connectivity index (χ4n) is 4.38. The highest BCUT2D eigenvalue weighted by molar-refractivity contribution is 6.00. The van der Waals surface area contributed by atoms with Crippen LogP contribution in [-0.4, -0.2) is 11.6 Å². The number of hydrogen-bond donors (Lipinski definition) is 0. The molecule has 164 valence electrons. The van der Waals surface area contributed by atoms with E-state index in [2.05, 4.69) is 48.5 Å². The van der Waals surface area contributed by atoms with E-state index in [9.17, 15) is 9.59 Å². The maximum atomic E-state index is 13.5. The first kappa shape index (κ1) is 22.4. The van der Waals surface area contributed by atoms with Gasteiger partial charge in [-0.2, -0.15) is 0 Å². The average Bonchev–Trinajstić information content (AvgIpc) is 2.85. The van der Waals surface area contributed by atoms with Crippen LogP contribution in [0.4, 0.5) is 0 Å². The molecule has 0 spiro atoms. The zero-order valence-electron chi connectivity index (χ0n) is 19.1. The number of rotatable bonds is 8. The van der Waals surface area contributed by atoms with Gasteiger partial charge >= 0.3 is 0 Å². The van der Waals surface area contributed by atoms with Crippen LogP contribution in [0.5, 0.6) is 0 Å². The predicted molar refractivity (Wildman–Crippen MR) is 134 cm³/mol. The molecular formula is C31H28O2. The van der Waals surface area contributed by atoms with E-state index < -0.39 is 5.41 Å². The summed E-state index contributed by atoms with van der Waals surface area (Å²) in [7, 11) is 0. The third-order valence-electron chi connectivity index (χ3n) is 6.32. The zero-order chi connectivity index (χ0) is 23.3. The van der Waals surface area contributed by atoms with Crippen molar-refractivity contribution in [2.45, 2.75) is 32.1 Å². The minimum atomic E-state index is -0.777. The van der Waals surface area contributed by atoms with Gasteiger partial charge in [0.1, 0.15) is 0 Å². The summed E-state index contributed by atoms with van der Waals surface area (Å²) in [6, 6.07) is 35.2. The lowest BCUT2D eigenvalue weighted by Crippen LogP contribution is -2.34. The van der Waals surface area contributed by atoms with E-state index in [1.807, 2.05) is 74.5 Å². The van der Waals surface area contributed by atoms with Crippen molar-refractivity contribution in [1.29, 1.82) is 0 Å². The second-order valence-corrected chi connectivity index (χ2v) is 8.75. The first-order chi connectivity index (χ1) is 16.0. The summed E-state index contributed by atoms with van der Waals surface area (Å²) < 4.78 is 0. The monoisotopic (exact) mass is 432 g/mol. The molecule has 0 atom stereocenters. The molecule has 0 saturated heterocycles. The van der Waals surface area contributed by atoms with Crippen LogP contribution in [-0.2, 0) is 5.41 Å². The van der Waals surface area contributed by atoms with E-state index in [0.717, 1.165) is 22.3 Å². The van der Waals surface area contributed by atoms with Gasteiger partial charge in [-0.1, -0.05) is 120 Å². The zero-order valence-corrected chi connectivity index (χ0v) is 19.1. The molecule has 0 aliphatic carbocycles. The van der Waals surface area contributed by atoms with Crippen molar-refractivity contribution in [3.05, 3.63) is 143 Å². The van der Waals surface area contributed by atoms with Crippen molar-refractivity contribution in [3.63, 3.8) is 0 Å². The minimum absolute atomic E-state index is 0.0256. The minimum Gasteiger partial charge on any atom is -0.294 e. The number of hydrogen-bond acceptors (Lipinski definition) is 2. The lowest BCUT2D eigenvalue weighted by molar-refractivity contribution is 0.0916. The summed E-state index contributed by atoms with van der Waals surface area (Å²) in [4.78, 5) is 27.1. The summed E-state index contributed by atoms with van der Waals surface area (Å²) in [6.07, 6.45) is 0.420. The maximum Gasteiger partial charge on any atom is 0.164 e. The van der Waals surface area contributed by atoms with E-state index in [-0.39, 0.29) is 24.4 Å². The lowest BCUT2D eigenvalue weighted by Gasteiger charge is -2.35. The summed E-state index contributed by atoms with van der Waals surface area (Å²) >= 11 is 0. The number of aryl methyl sites for hydroxylation is 2. The predicted octanol–water partition coefficient (Wildman–Crippen LogP) is 7.14. The maximum absolute atomic E-state index is 13.5. The Morgan fingerprint density at radius 1 is 0.515 bits per heavy atom. The first-order valence-electron chi connectivity index (χ1n) is 11.3. The van der Waals surface area contributed by atoms with Crippen molar-refractivity contribution in [1.82, 2.24) is 0 Å². The van der Waals surface area contributed by atoms with Crippen molar-refractivity contribution >= 4 is 11.6 Å². The smallest absolute Gasteiger partial charge is 0.164 e. The van der Waals surface area contributed by atoms with Crippen LogP contribution in [0.1, 0.15) is 55.8 Å². The van der Waals surface area contributed by atoms with Crippen molar-refractivity contribution in [2.24, 2.45) is 0 Å². The number of Topliss-reactive ketones (excluding diaryl/α,β-unsaturated/α-hetero) is 2. The number of carbonyl (C=O) groups excluding carboxylic acids is 2. The standard InChI is InChI=1S/C31H28O2/c1-23-13-17-27(18-14-23)31(28-19-15-24(2)16-20-28,21-29(32)25-9-5-3-6-10-25)22-30(33)26-11-7-4-8-12-26/h3-20H,21-22H2,1-2H3. The van der Waals surface area contributed by atoms with Crippen LogP contribution in [0.2, 0.25) is 0 Å². The van der Waals surface area contributed by atoms with Crippen LogP contribution in [0.25, 0.3) is 0 Å². The second kappa shape index (κ2) is 9.79. The molecule has 2 heteroatoms. The van der Waals surface area contributed by atoms with E-state index >= 15 is 0 Å². The van der Waals surface area contributed by atoms with Crippen molar-refractivity contribution in [2.75, 3.05) is 0 Å². The molecule has 0 N–H and O–H groups in total. The third kappa shape index (κ3) is 5.01. The van der Waals surface area contributed by atoms with Crippen LogP contribution in [0.15, 0.2) is 109 Å². The van der Waals surface area contributed by atoms with Gasteiger partial charge in [0.2, 0.25) is 0 Å². The fraction of sp³-hybridized carbons (Fsp3) is 0.161. The molecule has 0 bridgehead atoms. The first-order valence-corrected chi connectivity index (χ1v) is 11.3. The third-order valence-corrected chi connectivity index (χ3v) is 6.32. The molecule has 33 heavy (non-hydrogen) atoms. The Morgan fingerprint density at radius 3 is 1.18 bits per heavy atom. The lowest BCUT2D eigenvalue weighted by atomic mass is 9.67. The molecule has 0 aliphatic heterocycles. The number of ketones is 2. The Morgan fingerprint density at radius 2 is 0.848 bits per heavy atom. The molecule has 0 saturated carbocycles. The Hall–Kier alpha value is -3.78. The highest BCUT2D eigenvalue weighted by Crippen LogP contribution is 2.41. The molecule has 2 nitrogen and oxygen atoms in total. The Labute approximate surface area is 195 Å². The summed E-state index contributed by atoms with van der Waals surface area (Å²) in [5.74, 6) is 0.0511. The van der Waals surface area contributed by atoms with Gasteiger partial charge in [-0.15, -0.1) is 0 Å². The largest absolute Gasteiger partial charge is 0.294 e. The highest BCUT2D eigenvalue weighted by atomic mass is 16.1. The van der Waals surface area contributed by atoms with Gasteiger partial charge in [0, 0.05) is 29.4 Å². The van der Waals surface area contributed by atoms with Crippen LogP contribution in [0, 0.1) is 13.8 Å². The molecule has 0 amide bonds. The van der Waals surface area contributed by atoms with Crippen LogP contribution >= 0.6 is 0 Å². The fourth-order valence-corrected chi connectivity index (χ4v) is 4.38. The molecule has 0 fully saturated rings. The van der Waals surface area contributed by atoms with Crippen molar-refractivity contribution in [3.8, 4) is 0 Å². The Kier molecular flexibility index (Phi) is 6.65. The van der Waals surface area contributed by atoms with E-state index in [0.29, 0.717) is 11.1 Å². The number of carbonyl (C=O) groups is 2. The van der Waals surface area contributed by atoms with Gasteiger partial charge in [0.05, 0.1) is 0 Å². The molecule has 4 rings (SSSR count). The van der Waals surface area contributed by atoms with Crippen LogP contribution < -0.4 is 0 Å². The summed E-state index contributed by atoms with van der Waals surface area (Å²) in [5.41, 5.74) is 4.78. The van der Waals surface area contributed by atoms with Gasteiger partial charge in [0.25, 0.3) is 0 Å². The van der Waals surface area contributed by atoms with E-state index in [1.165, 1.54) is 0 Å². The molecule has 0 radical (unpaired) electrons. The van der Waals surface area contributed by atoms with Gasteiger partial charge < -0.3 is 0 Å². The highest BCUT2D eigenvalue weighted by Gasteiger charge is 2.39. The molecule has 0 heterocycles. The molecule has 0 aromatic heterocycles. The Balaban J connectivity index is 1.88. The molecule has 4 aromatic carbocycles. The van der Waals surface area contributed by atoms with E-state index in [4.69, 9.17) is 0 Å². The summed E-state index contributed by atoms with van der Waals surface area (Å²) in [5, 5.41) is 0. The average molecular weight is 433 g/mol. The molecule has 0 aliphatic rings. The van der Waals surface area contributed by atoms with Gasteiger partial charge in [0.15, 0.2) is 11.6 Å². The van der Waals surface area contributed by atoms with Crippen LogP contribution in [0.3, 0.4) is 0 Å². The number of benzene rings is 4. The summed E-state index contributed by atoms with van der Waals surface area (Å²) in [6.45, 7) is 4.09. The quantitative estimate of drug-likeness (QED) is 0.277. The molecule has 0 unspecified atom stereocenters. The molecular weight excluding hydrogens is 404 g/mol. The van der Waals surface area contributed by atoms with Crippen molar-refractivity contribution < 1.29 is 9.59 Å². The van der Waals surface area contributed by atoms with Gasteiger partial charge in [-0.25, -0.2) is 0 Å². The normalized spacial score (nSPS) is 11.2. The molecule has 4 aromatic rings. The Bertz CT molecular complexity index is 1120. The topological polar surface area (TPSA) is 34.1 Å². The SMILES string of the molecule is Cc1ccc(C(CC(=O)c2ccccc2)(CC(=O)c2ccccc2)c2ccc(C)cc2)cc1. The second-order valence-electron chi connectivity index (χ2n) is 8.75.